The minimum atomic E-state index is -1.22. The maximum atomic E-state index is 12.6. The number of aromatic carboxylic acids is 1. The lowest BCUT2D eigenvalue weighted by Crippen LogP contribution is -2.15. The fourth-order valence-electron chi connectivity index (χ4n) is 2.04. The zero-order chi connectivity index (χ0) is 15.6. The van der Waals surface area contributed by atoms with Crippen LogP contribution in [0, 0.1) is 13.8 Å². The van der Waals surface area contributed by atoms with Crippen LogP contribution in [0.4, 0.5) is 0 Å². The summed E-state index contributed by atoms with van der Waals surface area (Å²) in [4.78, 5) is 31.9. The van der Waals surface area contributed by atoms with Crippen molar-refractivity contribution in [3.8, 4) is 0 Å². The molecule has 0 aliphatic heterocycles. The number of ketones is 1. The second-order valence-corrected chi connectivity index (χ2v) is 4.85. The van der Waals surface area contributed by atoms with Gasteiger partial charge in [0.1, 0.15) is 5.82 Å². The van der Waals surface area contributed by atoms with Gasteiger partial charge in [0.25, 0.3) is 0 Å². The number of hydrogen-bond donors (Lipinski definition) is 1. The summed E-state index contributed by atoms with van der Waals surface area (Å²) in [5.41, 5.74) is 1.99. The molecule has 1 aromatic carbocycles. The SMILES string of the molecule is CCc1ncc(C(=O)c2cc(C)ccc2C)c(C(=O)O)n1. The van der Waals surface area contributed by atoms with Gasteiger partial charge in [-0.15, -0.1) is 0 Å². The quantitative estimate of drug-likeness (QED) is 0.873. The van der Waals surface area contributed by atoms with Crippen molar-refractivity contribution in [2.45, 2.75) is 27.2 Å². The maximum absolute atomic E-state index is 12.6. The largest absolute Gasteiger partial charge is 0.476 e. The van der Waals surface area contributed by atoms with Gasteiger partial charge in [-0.25, -0.2) is 14.8 Å². The van der Waals surface area contributed by atoms with Crippen LogP contribution < -0.4 is 0 Å². The average molecular weight is 284 g/mol. The second kappa shape index (κ2) is 5.83. The van der Waals surface area contributed by atoms with E-state index >= 15 is 0 Å². The third kappa shape index (κ3) is 2.97. The van der Waals surface area contributed by atoms with Crippen LogP contribution in [0.25, 0.3) is 0 Å². The van der Waals surface area contributed by atoms with Crippen molar-refractivity contribution in [1.29, 1.82) is 0 Å². The first kappa shape index (κ1) is 14.8. The molecule has 0 radical (unpaired) electrons. The molecule has 0 aliphatic rings. The van der Waals surface area contributed by atoms with Crippen LogP contribution in [0.1, 0.15) is 50.3 Å². The molecule has 21 heavy (non-hydrogen) atoms. The van der Waals surface area contributed by atoms with Crippen LogP contribution in [0.15, 0.2) is 24.4 Å². The first-order chi connectivity index (χ1) is 9.93. The van der Waals surface area contributed by atoms with Gasteiger partial charge in [-0.2, -0.15) is 0 Å². The lowest BCUT2D eigenvalue weighted by Gasteiger charge is -2.09. The number of carbonyl (C=O) groups is 2. The first-order valence-corrected chi connectivity index (χ1v) is 6.65. The molecule has 0 saturated heterocycles. The van der Waals surface area contributed by atoms with Gasteiger partial charge in [0.15, 0.2) is 11.5 Å². The summed E-state index contributed by atoms with van der Waals surface area (Å²) in [5.74, 6) is -1.18. The molecule has 2 rings (SSSR count). The number of aromatic nitrogens is 2. The molecule has 0 aliphatic carbocycles. The Morgan fingerprint density at radius 1 is 1.19 bits per heavy atom. The van der Waals surface area contributed by atoms with Gasteiger partial charge in [0.05, 0.1) is 5.56 Å². The summed E-state index contributed by atoms with van der Waals surface area (Å²) in [6, 6.07) is 5.49. The molecule has 1 heterocycles. The van der Waals surface area contributed by atoms with Crippen molar-refractivity contribution in [1.82, 2.24) is 9.97 Å². The number of rotatable bonds is 4. The van der Waals surface area contributed by atoms with Crippen molar-refractivity contribution in [3.05, 3.63) is 58.2 Å². The summed E-state index contributed by atoms with van der Waals surface area (Å²) in [6.07, 6.45) is 1.82. The van der Waals surface area contributed by atoms with Crippen LogP contribution in [0.5, 0.6) is 0 Å². The van der Waals surface area contributed by atoms with Gasteiger partial charge < -0.3 is 5.11 Å². The number of carbonyl (C=O) groups excluding carboxylic acids is 1. The predicted octanol–water partition coefficient (Wildman–Crippen LogP) is 2.59. The van der Waals surface area contributed by atoms with Gasteiger partial charge in [-0.3, -0.25) is 4.79 Å². The Morgan fingerprint density at radius 2 is 1.90 bits per heavy atom. The van der Waals surface area contributed by atoms with E-state index in [1.807, 2.05) is 32.9 Å². The molecule has 0 fully saturated rings. The summed E-state index contributed by atoms with van der Waals surface area (Å²) < 4.78 is 0. The molecule has 1 N–H and O–H groups in total. The van der Waals surface area contributed by atoms with Crippen LogP contribution in [0.2, 0.25) is 0 Å². The van der Waals surface area contributed by atoms with Crippen LogP contribution in [-0.2, 0) is 6.42 Å². The zero-order valence-corrected chi connectivity index (χ0v) is 12.2. The van der Waals surface area contributed by atoms with E-state index in [2.05, 4.69) is 9.97 Å². The molecule has 0 atom stereocenters. The highest BCUT2D eigenvalue weighted by molar-refractivity contribution is 6.14. The highest BCUT2D eigenvalue weighted by Gasteiger charge is 2.22. The number of benzene rings is 1. The molecular formula is C16H16N2O3. The third-order valence-electron chi connectivity index (χ3n) is 3.24. The Kier molecular flexibility index (Phi) is 4.12. The van der Waals surface area contributed by atoms with Gasteiger partial charge in [-0.1, -0.05) is 24.6 Å². The van der Waals surface area contributed by atoms with E-state index in [4.69, 9.17) is 0 Å². The van der Waals surface area contributed by atoms with Crippen LogP contribution >= 0.6 is 0 Å². The molecule has 5 heteroatoms. The molecule has 0 saturated carbocycles. The maximum Gasteiger partial charge on any atom is 0.355 e. The lowest BCUT2D eigenvalue weighted by molar-refractivity contribution is 0.0685. The number of hydrogen-bond acceptors (Lipinski definition) is 4. The molecule has 0 spiro atoms. The monoisotopic (exact) mass is 284 g/mol. The Labute approximate surface area is 122 Å². The standard InChI is InChI=1S/C16H16N2O3/c1-4-13-17-8-12(14(18-13)16(20)21)15(19)11-7-9(2)5-6-10(11)3/h5-8H,4H2,1-3H3,(H,20,21). The van der Waals surface area contributed by atoms with Crippen LogP contribution in [0.3, 0.4) is 0 Å². The summed E-state index contributed by atoms with van der Waals surface area (Å²) in [6.45, 7) is 5.52. The normalized spacial score (nSPS) is 10.4. The molecular weight excluding hydrogens is 268 g/mol. The second-order valence-electron chi connectivity index (χ2n) is 4.85. The molecule has 0 unspecified atom stereocenters. The topological polar surface area (TPSA) is 80.2 Å². The fraction of sp³-hybridized carbons (Fsp3) is 0.250. The molecule has 108 valence electrons. The molecule has 2 aromatic rings. The zero-order valence-electron chi connectivity index (χ0n) is 12.2. The van der Waals surface area contributed by atoms with Crippen molar-refractivity contribution >= 4 is 11.8 Å². The molecule has 5 nitrogen and oxygen atoms in total. The molecule has 0 amide bonds. The first-order valence-electron chi connectivity index (χ1n) is 6.65. The highest BCUT2D eigenvalue weighted by atomic mass is 16.4. The van der Waals surface area contributed by atoms with Crippen molar-refractivity contribution in [2.24, 2.45) is 0 Å². The van der Waals surface area contributed by atoms with Gasteiger partial charge in [0.2, 0.25) is 0 Å². The number of carboxylic acid groups (broad SMARTS) is 1. The minimum Gasteiger partial charge on any atom is -0.476 e. The predicted molar refractivity (Wildman–Crippen MR) is 77.7 cm³/mol. The van der Waals surface area contributed by atoms with E-state index in [9.17, 15) is 14.7 Å². The van der Waals surface area contributed by atoms with E-state index in [1.165, 1.54) is 6.20 Å². The van der Waals surface area contributed by atoms with E-state index in [0.29, 0.717) is 17.8 Å². The minimum absolute atomic E-state index is 0.0217. The highest BCUT2D eigenvalue weighted by Crippen LogP contribution is 2.18. The van der Waals surface area contributed by atoms with Gasteiger partial charge >= 0.3 is 5.97 Å². The lowest BCUT2D eigenvalue weighted by atomic mass is 9.97. The van der Waals surface area contributed by atoms with Crippen molar-refractivity contribution in [2.75, 3.05) is 0 Å². The number of aryl methyl sites for hydroxylation is 3. The van der Waals surface area contributed by atoms with E-state index < -0.39 is 5.97 Å². The Hall–Kier alpha value is -2.56. The Bertz CT molecular complexity index is 723. The Balaban J connectivity index is 2.58. The number of carboxylic acids is 1. The van der Waals surface area contributed by atoms with Crippen molar-refractivity contribution < 1.29 is 14.7 Å². The average Bonchev–Trinajstić information content (AvgIpc) is 2.48. The Morgan fingerprint density at radius 3 is 2.52 bits per heavy atom. The smallest absolute Gasteiger partial charge is 0.355 e. The number of nitrogens with zero attached hydrogens (tertiary/aromatic N) is 2. The molecule has 0 bridgehead atoms. The van der Waals surface area contributed by atoms with E-state index in [-0.39, 0.29) is 17.0 Å². The summed E-state index contributed by atoms with van der Waals surface area (Å²) in [7, 11) is 0. The summed E-state index contributed by atoms with van der Waals surface area (Å²) in [5, 5.41) is 9.26. The van der Waals surface area contributed by atoms with Gasteiger partial charge in [-0.05, 0) is 25.5 Å². The van der Waals surface area contributed by atoms with Gasteiger partial charge in [0, 0.05) is 18.2 Å². The van der Waals surface area contributed by atoms with Crippen LogP contribution in [-0.4, -0.2) is 26.8 Å². The van der Waals surface area contributed by atoms with E-state index in [1.54, 1.807) is 6.07 Å². The summed E-state index contributed by atoms with van der Waals surface area (Å²) >= 11 is 0. The fourth-order valence-corrected chi connectivity index (χ4v) is 2.04. The third-order valence-corrected chi connectivity index (χ3v) is 3.24. The van der Waals surface area contributed by atoms with E-state index in [0.717, 1.165) is 11.1 Å². The van der Waals surface area contributed by atoms with Crippen molar-refractivity contribution in [3.63, 3.8) is 0 Å². The molecule has 1 aromatic heterocycles.